The van der Waals surface area contributed by atoms with E-state index in [1.54, 1.807) is 24.7 Å². The predicted molar refractivity (Wildman–Crippen MR) is 76.5 cm³/mol. The molecule has 0 unspecified atom stereocenters. The Kier molecular flexibility index (Phi) is 4.52. The monoisotopic (exact) mass is 271 g/mol. The lowest BCUT2D eigenvalue weighted by Crippen LogP contribution is -1.84. The van der Waals surface area contributed by atoms with Crippen LogP contribution in [0.1, 0.15) is 5.82 Å². The zero-order valence-electron chi connectivity index (χ0n) is 10.4. The van der Waals surface area contributed by atoms with Crippen molar-refractivity contribution in [2.45, 2.75) is 6.92 Å². The third-order valence-electron chi connectivity index (χ3n) is 2.14. The number of aryl methyl sites for hydroxylation is 1. The molecule has 3 aromatic rings. The maximum Gasteiger partial charge on any atom is 0.180 e. The van der Waals surface area contributed by atoms with E-state index < -0.39 is 0 Å². The van der Waals surface area contributed by atoms with E-state index in [1.807, 2.05) is 30.5 Å². The topological polar surface area (TPSA) is 77.6 Å². The van der Waals surface area contributed by atoms with Gasteiger partial charge in [0.2, 0.25) is 0 Å². The van der Waals surface area contributed by atoms with Crippen molar-refractivity contribution in [3.8, 4) is 11.4 Å². The average molecular weight is 271 g/mol. The minimum Gasteiger partial charge on any atom is -0.375 e. The number of nitrogen functional groups attached to an aromatic ring is 1. The summed E-state index contributed by atoms with van der Waals surface area (Å²) in [5.41, 5.74) is 7.21. The van der Waals surface area contributed by atoms with E-state index in [2.05, 4.69) is 19.9 Å². The van der Waals surface area contributed by atoms with Crippen LogP contribution in [-0.2, 0) is 0 Å². The van der Waals surface area contributed by atoms with Crippen LogP contribution in [0.25, 0.3) is 11.4 Å². The summed E-state index contributed by atoms with van der Waals surface area (Å²) in [5.74, 6) is 0.822. The highest BCUT2D eigenvalue weighted by Crippen LogP contribution is 2.20. The predicted octanol–water partition coefficient (Wildman–Crippen LogP) is 2.57. The highest BCUT2D eigenvalue weighted by Gasteiger charge is 2.01. The molecule has 6 heteroatoms. The summed E-state index contributed by atoms with van der Waals surface area (Å²) in [6, 6.07) is 7.51. The van der Waals surface area contributed by atoms with E-state index in [-0.39, 0.29) is 0 Å². The smallest absolute Gasteiger partial charge is 0.180 e. The number of pyridine rings is 1. The summed E-state index contributed by atoms with van der Waals surface area (Å²) in [6.45, 7) is 1.86. The van der Waals surface area contributed by atoms with Gasteiger partial charge in [-0.05, 0) is 25.1 Å². The second kappa shape index (κ2) is 6.55. The molecule has 3 heterocycles. The van der Waals surface area contributed by atoms with Crippen molar-refractivity contribution in [2.75, 3.05) is 5.73 Å². The fourth-order valence-electron chi connectivity index (χ4n) is 1.29. The van der Waals surface area contributed by atoms with Crippen LogP contribution in [0, 0.1) is 6.92 Å². The van der Waals surface area contributed by atoms with Gasteiger partial charge in [-0.3, -0.25) is 4.98 Å². The molecule has 0 saturated heterocycles. The van der Waals surface area contributed by atoms with Crippen molar-refractivity contribution >= 4 is 16.5 Å². The van der Waals surface area contributed by atoms with Crippen molar-refractivity contribution in [3.63, 3.8) is 0 Å². The lowest BCUT2D eigenvalue weighted by atomic mass is 10.3. The Labute approximate surface area is 115 Å². The molecule has 5 nitrogen and oxygen atoms in total. The van der Waals surface area contributed by atoms with E-state index in [0.29, 0.717) is 5.13 Å². The van der Waals surface area contributed by atoms with Crippen molar-refractivity contribution < 1.29 is 0 Å². The normalized spacial score (nSPS) is 9.53. The largest absolute Gasteiger partial charge is 0.375 e. The maximum absolute atomic E-state index is 5.50. The molecule has 3 rings (SSSR count). The minimum atomic E-state index is 0.579. The lowest BCUT2D eigenvalue weighted by Gasteiger charge is -1.91. The molecular weight excluding hydrogens is 258 g/mol. The Balaban J connectivity index is 0.000000163. The summed E-state index contributed by atoms with van der Waals surface area (Å²) < 4.78 is 0. The van der Waals surface area contributed by atoms with Crippen molar-refractivity contribution in [2.24, 2.45) is 0 Å². The lowest BCUT2D eigenvalue weighted by molar-refractivity contribution is 1.05. The van der Waals surface area contributed by atoms with Crippen LogP contribution in [-0.4, -0.2) is 19.9 Å². The molecule has 2 N–H and O–H groups in total. The molecule has 0 atom stereocenters. The number of nitrogens with two attached hydrogens (primary N) is 1. The van der Waals surface area contributed by atoms with Gasteiger partial charge in [0.25, 0.3) is 0 Å². The molecule has 96 valence electrons. The number of thiazole rings is 1. The molecule has 0 bridgehead atoms. The standard InChI is InChI=1S/C8H7N3S.C5H6N2/c9-8-11-7(5-12-8)6-3-1-2-4-10-6;1-5-6-3-2-4-7-5/h1-5H,(H2,9,11);2-4H,1H3. The Morgan fingerprint density at radius 3 is 2.16 bits per heavy atom. The zero-order chi connectivity index (χ0) is 13.5. The summed E-state index contributed by atoms with van der Waals surface area (Å²) in [7, 11) is 0. The minimum absolute atomic E-state index is 0.579. The molecule has 0 spiro atoms. The van der Waals surface area contributed by atoms with Gasteiger partial charge in [-0.2, -0.15) is 0 Å². The fourth-order valence-corrected chi connectivity index (χ4v) is 1.85. The number of anilines is 1. The third kappa shape index (κ3) is 4.11. The van der Waals surface area contributed by atoms with Crippen LogP contribution < -0.4 is 5.73 Å². The molecule has 0 aliphatic rings. The summed E-state index contributed by atoms with van der Waals surface area (Å²) in [5, 5.41) is 2.48. The third-order valence-corrected chi connectivity index (χ3v) is 2.82. The first-order valence-corrected chi connectivity index (χ1v) is 6.49. The van der Waals surface area contributed by atoms with Gasteiger partial charge < -0.3 is 5.73 Å². The number of rotatable bonds is 1. The number of nitrogens with zero attached hydrogens (tertiary/aromatic N) is 4. The summed E-state index contributed by atoms with van der Waals surface area (Å²) in [6.07, 6.45) is 5.19. The van der Waals surface area contributed by atoms with Gasteiger partial charge in [0, 0.05) is 24.0 Å². The van der Waals surface area contributed by atoms with Crippen molar-refractivity contribution in [1.82, 2.24) is 19.9 Å². The molecule has 0 aliphatic carbocycles. The summed E-state index contributed by atoms with van der Waals surface area (Å²) >= 11 is 1.43. The zero-order valence-corrected chi connectivity index (χ0v) is 11.2. The molecule has 19 heavy (non-hydrogen) atoms. The van der Waals surface area contributed by atoms with Gasteiger partial charge in [0.1, 0.15) is 11.5 Å². The maximum atomic E-state index is 5.50. The Morgan fingerprint density at radius 2 is 1.68 bits per heavy atom. The molecule has 0 radical (unpaired) electrons. The first-order valence-electron chi connectivity index (χ1n) is 5.62. The van der Waals surface area contributed by atoms with Gasteiger partial charge in [-0.1, -0.05) is 6.07 Å². The van der Waals surface area contributed by atoms with Gasteiger partial charge in [-0.15, -0.1) is 11.3 Å². The molecule has 0 aromatic carbocycles. The molecule has 0 aliphatic heterocycles. The average Bonchev–Trinajstić information content (AvgIpc) is 2.88. The quantitative estimate of drug-likeness (QED) is 0.736. The Hall–Kier alpha value is -2.34. The number of aromatic nitrogens is 4. The number of hydrogen-bond donors (Lipinski definition) is 1. The van der Waals surface area contributed by atoms with Crippen LogP contribution in [0.3, 0.4) is 0 Å². The fraction of sp³-hybridized carbons (Fsp3) is 0.0769. The van der Waals surface area contributed by atoms with Crippen LogP contribution in [0.2, 0.25) is 0 Å². The van der Waals surface area contributed by atoms with Gasteiger partial charge >= 0.3 is 0 Å². The molecule has 0 saturated carbocycles. The van der Waals surface area contributed by atoms with Gasteiger partial charge in [0.05, 0.1) is 5.69 Å². The Bertz CT molecular complexity index is 609. The Morgan fingerprint density at radius 1 is 0.947 bits per heavy atom. The van der Waals surface area contributed by atoms with Gasteiger partial charge in [-0.25, -0.2) is 15.0 Å². The van der Waals surface area contributed by atoms with E-state index in [4.69, 9.17) is 5.73 Å². The highest BCUT2D eigenvalue weighted by atomic mass is 32.1. The number of hydrogen-bond acceptors (Lipinski definition) is 6. The van der Waals surface area contributed by atoms with Crippen molar-refractivity contribution in [1.29, 1.82) is 0 Å². The first-order chi connectivity index (χ1) is 9.25. The SMILES string of the molecule is Cc1ncccn1.Nc1nc(-c2ccccn2)cs1. The highest BCUT2D eigenvalue weighted by molar-refractivity contribution is 7.13. The van der Waals surface area contributed by atoms with E-state index in [0.717, 1.165) is 17.2 Å². The van der Waals surface area contributed by atoms with E-state index in [9.17, 15) is 0 Å². The first kappa shape index (κ1) is 13.1. The van der Waals surface area contributed by atoms with Crippen LogP contribution in [0.5, 0.6) is 0 Å². The van der Waals surface area contributed by atoms with Crippen molar-refractivity contribution in [3.05, 3.63) is 54.1 Å². The molecular formula is C13H13N5S. The van der Waals surface area contributed by atoms with Crippen LogP contribution in [0.4, 0.5) is 5.13 Å². The van der Waals surface area contributed by atoms with E-state index in [1.165, 1.54) is 11.3 Å². The van der Waals surface area contributed by atoms with Crippen LogP contribution >= 0.6 is 11.3 Å². The molecule has 0 fully saturated rings. The molecule has 0 amide bonds. The van der Waals surface area contributed by atoms with E-state index >= 15 is 0 Å². The van der Waals surface area contributed by atoms with Crippen LogP contribution in [0.15, 0.2) is 48.2 Å². The second-order valence-corrected chi connectivity index (χ2v) is 4.47. The second-order valence-electron chi connectivity index (χ2n) is 3.58. The van der Waals surface area contributed by atoms with Gasteiger partial charge in [0.15, 0.2) is 5.13 Å². The summed E-state index contributed by atoms with van der Waals surface area (Å²) in [4.78, 5) is 16.0. The molecule has 3 aromatic heterocycles.